The van der Waals surface area contributed by atoms with Crippen molar-refractivity contribution in [3.05, 3.63) is 0 Å². The van der Waals surface area contributed by atoms with Gasteiger partial charge in [0, 0.05) is 13.0 Å². The van der Waals surface area contributed by atoms with E-state index in [1.165, 1.54) is 148 Å². The number of aliphatic hydroxyl groups excluding tert-OH is 2. The first-order chi connectivity index (χ1) is 23.8. The molecule has 0 saturated heterocycles. The number of carbonyl (C=O) groups is 1. The number of esters is 1. The van der Waals surface area contributed by atoms with Gasteiger partial charge in [-0.1, -0.05) is 181 Å². The van der Waals surface area contributed by atoms with Gasteiger partial charge in [-0.05, 0) is 12.8 Å². The first-order valence-electron chi connectivity index (χ1n) is 20.5. The quantitative estimate of drug-likeness (QED) is 0.0321. The molecule has 1 unspecified atom stereocenters. The molecule has 0 rings (SSSR count). The summed E-state index contributed by atoms with van der Waals surface area (Å²) in [6.45, 7) is 3.56. The average Bonchev–Trinajstić information content (AvgIpc) is 3.09. The predicted octanol–water partition coefficient (Wildman–Crippen LogP) is 10.8. The van der Waals surface area contributed by atoms with Crippen LogP contribution in [0, 0.1) is 0 Å². The Morgan fingerprint density at radius 1 is 0.551 bits per heavy atom. The largest absolute Gasteiger partial charge is 0.472 e. The second-order valence-electron chi connectivity index (χ2n) is 14.0. The summed E-state index contributed by atoms with van der Waals surface area (Å²) < 4.78 is 33.3. The molecule has 0 radical (unpaired) electrons. The number of unbranched alkanes of at least 4 members (excludes halogenated alkanes) is 26. The molecule has 0 amide bonds. The third-order valence-electron chi connectivity index (χ3n) is 9.04. The Bertz CT molecular complexity index is 739. The first kappa shape index (κ1) is 48.5. The molecule has 294 valence electrons. The maximum Gasteiger partial charge on any atom is 0.472 e. The van der Waals surface area contributed by atoms with Crippen LogP contribution in [-0.4, -0.2) is 66.3 Å². The number of hydrogen-bond donors (Lipinski definition) is 3. The maximum atomic E-state index is 12.6. The number of carbonyl (C=O) groups excluding carboxylic acids is 1. The van der Waals surface area contributed by atoms with Crippen LogP contribution in [0.3, 0.4) is 0 Å². The summed E-state index contributed by atoms with van der Waals surface area (Å²) in [5.41, 5.74) is 0. The smallest absolute Gasteiger partial charge is 0.457 e. The summed E-state index contributed by atoms with van der Waals surface area (Å²) in [5.74, 6) is -0.377. The molecule has 0 saturated carbocycles. The van der Waals surface area contributed by atoms with Gasteiger partial charge in [-0.25, -0.2) is 4.57 Å². The number of aliphatic hydroxyl groups is 2. The lowest BCUT2D eigenvalue weighted by Gasteiger charge is -2.20. The van der Waals surface area contributed by atoms with Gasteiger partial charge in [0.25, 0.3) is 0 Å². The highest BCUT2D eigenvalue weighted by molar-refractivity contribution is 7.47. The molecule has 0 heterocycles. The molecule has 0 fully saturated rings. The second-order valence-corrected chi connectivity index (χ2v) is 15.5. The Kier molecular flexibility index (Phi) is 36.8. The van der Waals surface area contributed by atoms with Crippen LogP contribution in [0.4, 0.5) is 0 Å². The van der Waals surface area contributed by atoms with E-state index in [0.29, 0.717) is 6.61 Å². The third kappa shape index (κ3) is 37.0. The zero-order valence-electron chi connectivity index (χ0n) is 31.9. The van der Waals surface area contributed by atoms with Crippen molar-refractivity contribution in [2.45, 2.75) is 212 Å². The van der Waals surface area contributed by atoms with Gasteiger partial charge < -0.3 is 24.6 Å². The summed E-state index contributed by atoms with van der Waals surface area (Å²) in [5, 5.41) is 18.3. The summed E-state index contributed by atoms with van der Waals surface area (Å²) in [6, 6.07) is 0. The number of hydrogen-bond acceptors (Lipinski definition) is 8. The predicted molar refractivity (Wildman–Crippen MR) is 201 cm³/mol. The van der Waals surface area contributed by atoms with Crippen molar-refractivity contribution in [2.24, 2.45) is 0 Å². The maximum absolute atomic E-state index is 12.6. The van der Waals surface area contributed by atoms with Crippen LogP contribution in [0.1, 0.15) is 200 Å². The summed E-state index contributed by atoms with van der Waals surface area (Å²) in [7, 11) is -4.50. The van der Waals surface area contributed by atoms with Crippen molar-refractivity contribution in [1.82, 2.24) is 0 Å². The van der Waals surface area contributed by atoms with Gasteiger partial charge in [0.1, 0.15) is 12.2 Å². The fraction of sp³-hybridized carbons (Fsp3) is 0.974. The zero-order chi connectivity index (χ0) is 36.1. The van der Waals surface area contributed by atoms with Gasteiger partial charge in [0.05, 0.1) is 26.4 Å². The highest BCUT2D eigenvalue weighted by Crippen LogP contribution is 2.43. The molecule has 3 N–H and O–H groups in total. The lowest BCUT2D eigenvalue weighted by molar-refractivity contribution is -0.154. The highest BCUT2D eigenvalue weighted by atomic mass is 31.2. The van der Waals surface area contributed by atoms with Gasteiger partial charge in [-0.15, -0.1) is 0 Å². The van der Waals surface area contributed by atoms with E-state index in [-0.39, 0.29) is 25.6 Å². The fourth-order valence-corrected chi connectivity index (χ4v) is 6.68. The molecule has 0 spiro atoms. The van der Waals surface area contributed by atoms with Gasteiger partial charge in [0.2, 0.25) is 0 Å². The lowest BCUT2D eigenvalue weighted by atomic mass is 10.0. The van der Waals surface area contributed by atoms with Crippen LogP contribution in [0.15, 0.2) is 0 Å². The monoisotopic (exact) mass is 723 g/mol. The molecule has 0 aromatic carbocycles. The van der Waals surface area contributed by atoms with Crippen LogP contribution in [0.25, 0.3) is 0 Å². The van der Waals surface area contributed by atoms with Crippen LogP contribution in [0.2, 0.25) is 0 Å². The topological polar surface area (TPSA) is 132 Å². The lowest BCUT2D eigenvalue weighted by Crippen LogP contribution is -2.29. The van der Waals surface area contributed by atoms with Crippen LogP contribution >= 0.6 is 7.82 Å². The van der Waals surface area contributed by atoms with E-state index in [0.717, 1.165) is 32.1 Å². The minimum absolute atomic E-state index is 0.0575. The van der Waals surface area contributed by atoms with E-state index in [1.807, 2.05) is 0 Å². The molecular weight excluding hydrogens is 643 g/mol. The van der Waals surface area contributed by atoms with Gasteiger partial charge in [-0.3, -0.25) is 13.8 Å². The SMILES string of the molecule is CCCCCCCCCCCCCCCCCCC(=O)O[C@H](COCCCCCCCCCCCCCC)COP(=O)(O)OC[C@@H](O)CO. The van der Waals surface area contributed by atoms with E-state index in [1.54, 1.807) is 0 Å². The van der Waals surface area contributed by atoms with Crippen molar-refractivity contribution in [3.8, 4) is 0 Å². The van der Waals surface area contributed by atoms with Crippen molar-refractivity contribution >= 4 is 13.8 Å². The Balaban J connectivity index is 4.14. The summed E-state index contributed by atoms with van der Waals surface area (Å²) in [4.78, 5) is 22.5. The minimum Gasteiger partial charge on any atom is -0.457 e. The van der Waals surface area contributed by atoms with Gasteiger partial charge in [0.15, 0.2) is 0 Å². The molecule has 0 aromatic rings. The first-order valence-corrected chi connectivity index (χ1v) is 22.0. The van der Waals surface area contributed by atoms with E-state index in [2.05, 4.69) is 13.8 Å². The van der Waals surface area contributed by atoms with E-state index in [4.69, 9.17) is 23.6 Å². The molecule has 0 bridgehead atoms. The van der Waals surface area contributed by atoms with E-state index < -0.39 is 33.2 Å². The molecule has 9 nitrogen and oxygen atoms in total. The van der Waals surface area contributed by atoms with Crippen LogP contribution in [0.5, 0.6) is 0 Å². The molecular formula is C39H79O9P. The Morgan fingerprint density at radius 3 is 1.33 bits per heavy atom. The fourth-order valence-electron chi connectivity index (χ4n) is 5.89. The van der Waals surface area contributed by atoms with Crippen molar-refractivity contribution < 1.29 is 43.0 Å². The normalized spacial score (nSPS) is 14.1. The van der Waals surface area contributed by atoms with E-state index in [9.17, 15) is 19.4 Å². The number of rotatable bonds is 40. The third-order valence-corrected chi connectivity index (χ3v) is 9.99. The molecule has 10 heteroatoms. The summed E-state index contributed by atoms with van der Waals surface area (Å²) >= 11 is 0. The van der Waals surface area contributed by atoms with E-state index >= 15 is 0 Å². The number of phosphoric acid groups is 1. The number of ether oxygens (including phenoxy) is 2. The Labute approximate surface area is 301 Å². The van der Waals surface area contributed by atoms with Crippen molar-refractivity contribution in [3.63, 3.8) is 0 Å². The molecule has 0 aromatic heterocycles. The second kappa shape index (κ2) is 37.2. The standard InChI is InChI=1S/C39H79O9P/c1-3-5-7-9-11-13-15-17-18-19-20-21-23-25-27-29-31-39(42)48-38(36-47-49(43,44)46-34-37(41)33-40)35-45-32-30-28-26-24-22-16-14-12-10-8-6-4-2/h37-38,40-41H,3-36H2,1-2H3,(H,43,44)/t37-,38+/m0/s1. The molecule has 0 aliphatic rings. The van der Waals surface area contributed by atoms with Crippen molar-refractivity contribution in [2.75, 3.05) is 33.0 Å². The summed E-state index contributed by atoms with van der Waals surface area (Å²) in [6.07, 6.45) is 33.4. The molecule has 0 aliphatic carbocycles. The Hall–Kier alpha value is -0.540. The van der Waals surface area contributed by atoms with Gasteiger partial charge in [-0.2, -0.15) is 0 Å². The average molecular weight is 723 g/mol. The minimum atomic E-state index is -4.50. The van der Waals surface area contributed by atoms with Crippen molar-refractivity contribution in [1.29, 1.82) is 0 Å². The van der Waals surface area contributed by atoms with Crippen LogP contribution < -0.4 is 0 Å². The Morgan fingerprint density at radius 2 is 0.918 bits per heavy atom. The molecule has 49 heavy (non-hydrogen) atoms. The molecule has 0 aliphatic heterocycles. The zero-order valence-corrected chi connectivity index (χ0v) is 32.8. The molecule has 3 atom stereocenters. The number of phosphoric ester groups is 1. The highest BCUT2D eigenvalue weighted by Gasteiger charge is 2.26. The van der Waals surface area contributed by atoms with Crippen LogP contribution in [-0.2, 0) is 27.9 Å². The van der Waals surface area contributed by atoms with Gasteiger partial charge >= 0.3 is 13.8 Å².